The number of ether oxygens (including phenoxy) is 1. The number of esters is 1. The maximum absolute atomic E-state index is 12.6. The number of benzene rings is 1. The minimum absolute atomic E-state index is 0.0819. The molecule has 29 heavy (non-hydrogen) atoms. The number of carbonyl (C=O) groups is 2. The van der Waals surface area contributed by atoms with Gasteiger partial charge < -0.3 is 10.1 Å². The maximum atomic E-state index is 12.6. The summed E-state index contributed by atoms with van der Waals surface area (Å²) in [6.07, 6.45) is 5.13. The standard InChI is InChI=1S/C20H25N3O5S/c1-29(26,27)23-12-16-8-4-3-7-15(16)11-17(23)19(25)28-13-18(24)22-20(14-21)9-5-2-6-10-20/h3-4,7-8,17H,2,5-6,9-13H2,1H3,(H,22,24)/t17-/m0/s1. The first-order valence-corrected chi connectivity index (χ1v) is 11.5. The third-order valence-electron chi connectivity index (χ3n) is 5.55. The van der Waals surface area contributed by atoms with E-state index in [-0.39, 0.29) is 13.0 Å². The summed E-state index contributed by atoms with van der Waals surface area (Å²) < 4.78 is 30.6. The first-order chi connectivity index (χ1) is 13.7. The smallest absolute Gasteiger partial charge is 0.325 e. The van der Waals surface area contributed by atoms with Crippen molar-refractivity contribution in [3.05, 3.63) is 35.4 Å². The molecular weight excluding hydrogens is 394 g/mol. The SMILES string of the molecule is CS(=O)(=O)N1Cc2ccccc2C[C@H]1C(=O)OCC(=O)NC1(C#N)CCCCC1. The van der Waals surface area contributed by atoms with E-state index in [1.165, 1.54) is 0 Å². The number of amides is 1. The molecule has 1 amide bonds. The number of nitrogens with one attached hydrogen (secondary N) is 1. The van der Waals surface area contributed by atoms with Crippen LogP contribution >= 0.6 is 0 Å². The summed E-state index contributed by atoms with van der Waals surface area (Å²) in [6, 6.07) is 8.48. The molecule has 1 aromatic carbocycles. The van der Waals surface area contributed by atoms with Crippen LogP contribution in [0.3, 0.4) is 0 Å². The van der Waals surface area contributed by atoms with Crippen molar-refractivity contribution in [2.24, 2.45) is 0 Å². The van der Waals surface area contributed by atoms with Gasteiger partial charge in [0.05, 0.1) is 12.3 Å². The van der Waals surface area contributed by atoms with Crippen molar-refractivity contribution < 1.29 is 22.7 Å². The van der Waals surface area contributed by atoms with Crippen LogP contribution < -0.4 is 5.32 Å². The molecule has 3 rings (SSSR count). The molecule has 1 fully saturated rings. The van der Waals surface area contributed by atoms with Crippen LogP contribution in [0.5, 0.6) is 0 Å². The largest absolute Gasteiger partial charge is 0.454 e. The van der Waals surface area contributed by atoms with Crippen molar-refractivity contribution >= 4 is 21.9 Å². The highest BCUT2D eigenvalue weighted by Gasteiger charge is 2.38. The lowest BCUT2D eigenvalue weighted by Crippen LogP contribution is -2.51. The van der Waals surface area contributed by atoms with E-state index < -0.39 is 40.1 Å². The van der Waals surface area contributed by atoms with Crippen molar-refractivity contribution in [1.29, 1.82) is 5.26 Å². The molecule has 1 saturated carbocycles. The number of hydrogen-bond donors (Lipinski definition) is 1. The quantitative estimate of drug-likeness (QED) is 0.718. The summed E-state index contributed by atoms with van der Waals surface area (Å²) >= 11 is 0. The molecule has 0 spiro atoms. The zero-order valence-electron chi connectivity index (χ0n) is 16.4. The van der Waals surface area contributed by atoms with Gasteiger partial charge in [-0.15, -0.1) is 0 Å². The molecule has 0 unspecified atom stereocenters. The Kier molecular flexibility index (Phi) is 6.24. The molecule has 1 N–H and O–H groups in total. The average molecular weight is 420 g/mol. The fourth-order valence-electron chi connectivity index (χ4n) is 4.00. The number of sulfonamides is 1. The predicted octanol–water partition coefficient (Wildman–Crippen LogP) is 1.26. The normalized spacial score (nSPS) is 21.4. The molecule has 1 atom stereocenters. The van der Waals surface area contributed by atoms with Gasteiger partial charge >= 0.3 is 5.97 Å². The zero-order valence-corrected chi connectivity index (χ0v) is 17.2. The van der Waals surface area contributed by atoms with E-state index in [0.717, 1.165) is 41.0 Å². The van der Waals surface area contributed by atoms with Crippen molar-refractivity contribution in [2.75, 3.05) is 12.9 Å². The number of nitriles is 1. The molecule has 0 bridgehead atoms. The summed E-state index contributed by atoms with van der Waals surface area (Å²) in [5.41, 5.74) is 0.807. The van der Waals surface area contributed by atoms with Gasteiger partial charge in [0.1, 0.15) is 11.6 Å². The lowest BCUT2D eigenvalue weighted by atomic mass is 9.83. The van der Waals surface area contributed by atoms with Crippen LogP contribution in [-0.2, 0) is 37.3 Å². The predicted molar refractivity (Wildman–Crippen MR) is 105 cm³/mol. The van der Waals surface area contributed by atoms with E-state index >= 15 is 0 Å². The first kappa shape index (κ1) is 21.3. The number of carbonyl (C=O) groups excluding carboxylic acids is 2. The third kappa shape index (κ3) is 4.95. The van der Waals surface area contributed by atoms with Crippen LogP contribution in [0.15, 0.2) is 24.3 Å². The minimum atomic E-state index is -3.65. The summed E-state index contributed by atoms with van der Waals surface area (Å²) in [4.78, 5) is 24.9. The van der Waals surface area contributed by atoms with Gasteiger partial charge in [0.25, 0.3) is 5.91 Å². The van der Waals surface area contributed by atoms with Crippen molar-refractivity contribution in [3.8, 4) is 6.07 Å². The van der Waals surface area contributed by atoms with Gasteiger partial charge in [-0.2, -0.15) is 9.57 Å². The molecule has 1 aromatic rings. The van der Waals surface area contributed by atoms with Crippen LogP contribution in [0.2, 0.25) is 0 Å². The van der Waals surface area contributed by atoms with Gasteiger partial charge in [0.15, 0.2) is 6.61 Å². The van der Waals surface area contributed by atoms with Crippen molar-refractivity contribution in [3.63, 3.8) is 0 Å². The molecule has 1 aliphatic carbocycles. The van der Waals surface area contributed by atoms with Gasteiger partial charge in [-0.25, -0.2) is 8.42 Å². The van der Waals surface area contributed by atoms with Crippen molar-refractivity contribution in [2.45, 2.75) is 56.7 Å². The lowest BCUT2D eigenvalue weighted by Gasteiger charge is -2.33. The van der Waals surface area contributed by atoms with Gasteiger partial charge in [0, 0.05) is 13.0 Å². The third-order valence-corrected chi connectivity index (χ3v) is 6.78. The Hall–Kier alpha value is -2.44. The molecule has 1 heterocycles. The zero-order chi connectivity index (χ0) is 21.1. The molecule has 1 aliphatic heterocycles. The Labute approximate surface area is 170 Å². The van der Waals surface area contributed by atoms with E-state index in [1.54, 1.807) is 0 Å². The molecule has 2 aliphatic rings. The van der Waals surface area contributed by atoms with Crippen LogP contribution in [0.4, 0.5) is 0 Å². The van der Waals surface area contributed by atoms with E-state index in [2.05, 4.69) is 11.4 Å². The molecule has 0 aromatic heterocycles. The fourth-order valence-corrected chi connectivity index (χ4v) is 5.00. The molecule has 8 nitrogen and oxygen atoms in total. The molecular formula is C20H25N3O5S. The lowest BCUT2D eigenvalue weighted by molar-refractivity contribution is -0.153. The van der Waals surface area contributed by atoms with E-state index in [1.807, 2.05) is 24.3 Å². The minimum Gasteiger partial charge on any atom is -0.454 e. The Morgan fingerprint density at radius 1 is 1.24 bits per heavy atom. The molecule has 0 saturated heterocycles. The summed E-state index contributed by atoms with van der Waals surface area (Å²) in [5.74, 6) is -1.32. The van der Waals surface area contributed by atoms with E-state index in [4.69, 9.17) is 4.74 Å². The highest BCUT2D eigenvalue weighted by Crippen LogP contribution is 2.28. The Balaban J connectivity index is 1.66. The second-order valence-electron chi connectivity index (χ2n) is 7.71. The van der Waals surface area contributed by atoms with E-state index in [0.29, 0.717) is 12.8 Å². The highest BCUT2D eigenvalue weighted by molar-refractivity contribution is 7.88. The fraction of sp³-hybridized carbons (Fsp3) is 0.550. The van der Waals surface area contributed by atoms with Crippen LogP contribution in [0.25, 0.3) is 0 Å². The number of nitrogens with zero attached hydrogens (tertiary/aromatic N) is 2. The van der Waals surface area contributed by atoms with Crippen molar-refractivity contribution in [1.82, 2.24) is 9.62 Å². The average Bonchev–Trinajstić information content (AvgIpc) is 2.71. The second kappa shape index (κ2) is 8.51. The Bertz CT molecular complexity index is 932. The highest BCUT2D eigenvalue weighted by atomic mass is 32.2. The van der Waals surface area contributed by atoms with E-state index in [9.17, 15) is 23.3 Å². The molecule has 0 radical (unpaired) electrons. The van der Waals surface area contributed by atoms with Gasteiger partial charge in [-0.3, -0.25) is 9.59 Å². The first-order valence-electron chi connectivity index (χ1n) is 9.67. The summed E-state index contributed by atoms with van der Waals surface area (Å²) in [6.45, 7) is -0.462. The van der Waals surface area contributed by atoms with Gasteiger partial charge in [-0.05, 0) is 24.0 Å². The summed E-state index contributed by atoms with van der Waals surface area (Å²) in [5, 5.41) is 12.1. The topological polar surface area (TPSA) is 117 Å². The summed E-state index contributed by atoms with van der Waals surface area (Å²) in [7, 11) is -3.65. The Morgan fingerprint density at radius 3 is 2.52 bits per heavy atom. The Morgan fingerprint density at radius 2 is 1.90 bits per heavy atom. The van der Waals surface area contributed by atoms with Crippen LogP contribution in [0, 0.1) is 11.3 Å². The van der Waals surface area contributed by atoms with Gasteiger partial charge in [0.2, 0.25) is 10.0 Å². The molecule has 9 heteroatoms. The number of fused-ring (bicyclic) bond motifs is 1. The maximum Gasteiger partial charge on any atom is 0.325 e. The second-order valence-corrected chi connectivity index (χ2v) is 9.64. The molecule has 156 valence electrons. The monoisotopic (exact) mass is 419 g/mol. The van der Waals surface area contributed by atoms with Crippen LogP contribution in [-0.4, -0.2) is 49.0 Å². The number of hydrogen-bond acceptors (Lipinski definition) is 6. The van der Waals surface area contributed by atoms with Gasteiger partial charge in [-0.1, -0.05) is 43.5 Å². The number of rotatable bonds is 5. The van der Waals surface area contributed by atoms with Crippen LogP contribution in [0.1, 0.15) is 43.2 Å².